The summed E-state index contributed by atoms with van der Waals surface area (Å²) in [7, 11) is -4.33. The first-order valence-electron chi connectivity index (χ1n) is 22.8. The van der Waals surface area contributed by atoms with E-state index >= 15 is 0 Å². The van der Waals surface area contributed by atoms with Crippen LogP contribution in [0.5, 0.6) is 0 Å². The third kappa shape index (κ3) is 16.1. The summed E-state index contributed by atoms with van der Waals surface area (Å²) in [6.45, 7) is 23.3. The van der Waals surface area contributed by atoms with Crippen molar-refractivity contribution >= 4 is 70.4 Å². The van der Waals surface area contributed by atoms with Crippen molar-refractivity contribution < 1.29 is 40.7 Å². The van der Waals surface area contributed by atoms with E-state index in [2.05, 4.69) is 40.5 Å². The standard InChI is InChI=1S/C19H27N3O4S.C12H22N2O3.C9H19N.C7H8BrNO2S/c1-12(2)16-17-20-14-8-7-13(27(6,24)25)11-15(14)21(17)9-10-22(16)18(23)26-19(3,4)5;1-8(2)9-10(15)13-6-7-14(9)11(16)17-12(3,4)5;1-3-8-6-4-5-7-9(8)10-2;1-12(10,11)5-2-3-7(9)6(8)4-5/h7-8,11-12,16H,9-10H2,1-6H3;8-9H,6-7H2,1-5H3,(H,13,15);8-10H,3-7H2,1-2H3;2-4H,9H2,1H3. The molecule has 6 rings (SSSR count). The second kappa shape index (κ2) is 23.4. The summed E-state index contributed by atoms with van der Waals surface area (Å²) in [5.74, 6) is 1.82. The number of hydrogen-bond acceptors (Lipinski definition) is 12. The fourth-order valence-corrected chi connectivity index (χ4v) is 9.99. The number of nitrogens with one attached hydrogen (secondary N) is 2. The van der Waals surface area contributed by atoms with Crippen molar-refractivity contribution in [2.75, 3.05) is 44.9 Å². The summed E-state index contributed by atoms with van der Waals surface area (Å²) < 4.78 is 59.4. The minimum atomic E-state index is -3.30. The van der Waals surface area contributed by atoms with Crippen LogP contribution in [0.2, 0.25) is 0 Å². The third-order valence-corrected chi connectivity index (χ3v) is 14.2. The van der Waals surface area contributed by atoms with Gasteiger partial charge in [0, 0.05) is 54.9 Å². The van der Waals surface area contributed by atoms with Gasteiger partial charge in [0.15, 0.2) is 19.7 Å². The summed E-state index contributed by atoms with van der Waals surface area (Å²) >= 11 is 3.15. The molecule has 3 heterocycles. The van der Waals surface area contributed by atoms with Crippen LogP contribution in [0.3, 0.4) is 0 Å². The van der Waals surface area contributed by atoms with Gasteiger partial charge in [-0.1, -0.05) is 53.9 Å². The Morgan fingerprint density at radius 1 is 0.833 bits per heavy atom. The van der Waals surface area contributed by atoms with E-state index in [1.807, 2.05) is 73.8 Å². The topological polar surface area (TPSA) is 212 Å². The predicted molar refractivity (Wildman–Crippen MR) is 265 cm³/mol. The van der Waals surface area contributed by atoms with E-state index in [1.54, 1.807) is 29.2 Å². The number of imidazole rings is 1. The predicted octanol–water partition coefficient (Wildman–Crippen LogP) is 8.37. The average molecular weight is 1030 g/mol. The highest BCUT2D eigenvalue weighted by atomic mass is 79.9. The summed E-state index contributed by atoms with van der Waals surface area (Å²) in [6, 6.07) is 9.65. The van der Waals surface area contributed by atoms with E-state index in [0.29, 0.717) is 36.3 Å². The van der Waals surface area contributed by atoms with Crippen molar-refractivity contribution in [1.82, 2.24) is 30.0 Å². The van der Waals surface area contributed by atoms with Crippen LogP contribution in [-0.4, -0.2) is 117 Å². The zero-order valence-electron chi connectivity index (χ0n) is 41.5. The molecule has 1 aromatic heterocycles. The minimum Gasteiger partial charge on any atom is -0.444 e. The van der Waals surface area contributed by atoms with Gasteiger partial charge in [0.2, 0.25) is 5.91 Å². The molecule has 3 aliphatic rings. The lowest BCUT2D eigenvalue weighted by atomic mass is 9.83. The molecule has 1 saturated carbocycles. The van der Waals surface area contributed by atoms with Crippen LogP contribution in [0.15, 0.2) is 50.7 Å². The van der Waals surface area contributed by atoms with E-state index in [0.717, 1.165) is 35.1 Å². The van der Waals surface area contributed by atoms with E-state index in [9.17, 15) is 31.2 Å². The Morgan fingerprint density at radius 3 is 1.82 bits per heavy atom. The van der Waals surface area contributed by atoms with Crippen molar-refractivity contribution in [2.24, 2.45) is 17.8 Å². The molecule has 4 unspecified atom stereocenters. The molecule has 2 fully saturated rings. The lowest BCUT2D eigenvalue weighted by Gasteiger charge is -2.38. The molecular formula is C47H76BrN7O9S2. The van der Waals surface area contributed by atoms with Crippen molar-refractivity contribution in [3.8, 4) is 0 Å². The molecule has 0 spiro atoms. The highest BCUT2D eigenvalue weighted by Crippen LogP contribution is 2.36. The maximum atomic E-state index is 12.7. The summed E-state index contributed by atoms with van der Waals surface area (Å²) in [5, 5.41) is 6.18. The average Bonchev–Trinajstić information content (AvgIpc) is 3.58. The smallest absolute Gasteiger partial charge is 0.411 e. The summed E-state index contributed by atoms with van der Waals surface area (Å²) in [6.07, 6.45) is 8.68. The number of fused-ring (bicyclic) bond motifs is 3. The number of piperazine rings is 1. The number of nitrogens with two attached hydrogens (primary N) is 1. The van der Waals surface area contributed by atoms with Crippen molar-refractivity contribution in [2.45, 2.75) is 154 Å². The van der Waals surface area contributed by atoms with Crippen LogP contribution < -0.4 is 16.4 Å². The number of hydrogen-bond donors (Lipinski definition) is 3. The number of ether oxygens (including phenoxy) is 2. The minimum absolute atomic E-state index is 0.0721. The lowest BCUT2D eigenvalue weighted by molar-refractivity contribution is -0.130. The molecule has 3 amide bonds. The number of aromatic nitrogens is 2. The normalized spacial score (nSPS) is 20.2. The number of halogens is 1. The number of anilines is 1. The number of amides is 3. The van der Waals surface area contributed by atoms with E-state index < -0.39 is 43.0 Å². The van der Waals surface area contributed by atoms with Gasteiger partial charge >= 0.3 is 12.2 Å². The molecule has 16 nitrogen and oxygen atoms in total. The van der Waals surface area contributed by atoms with E-state index in [4.69, 9.17) is 20.2 Å². The molecule has 2 aliphatic heterocycles. The van der Waals surface area contributed by atoms with Crippen LogP contribution in [-0.2, 0) is 40.5 Å². The van der Waals surface area contributed by atoms with Gasteiger partial charge in [-0.3, -0.25) is 14.6 Å². The number of nitrogens with zero attached hydrogens (tertiary/aromatic N) is 4. The van der Waals surface area contributed by atoms with Gasteiger partial charge in [0.25, 0.3) is 0 Å². The highest BCUT2D eigenvalue weighted by molar-refractivity contribution is 9.10. The van der Waals surface area contributed by atoms with Gasteiger partial charge in [-0.15, -0.1) is 0 Å². The van der Waals surface area contributed by atoms with Crippen LogP contribution in [0.25, 0.3) is 11.0 Å². The highest BCUT2D eigenvalue weighted by Gasteiger charge is 2.39. The fraction of sp³-hybridized carbons (Fsp3) is 0.660. The molecule has 372 valence electrons. The molecule has 4 atom stereocenters. The van der Waals surface area contributed by atoms with Crippen molar-refractivity contribution in [3.63, 3.8) is 0 Å². The molecule has 1 aliphatic carbocycles. The number of rotatable bonds is 6. The number of sulfone groups is 2. The number of nitrogen functional groups attached to an aromatic ring is 1. The zero-order chi connectivity index (χ0) is 50.1. The molecule has 2 aromatic carbocycles. The fourth-order valence-electron chi connectivity index (χ4n) is 8.17. The number of carbonyl (C=O) groups excluding carboxylic acids is 3. The Kier molecular flexibility index (Phi) is 20.0. The van der Waals surface area contributed by atoms with Gasteiger partial charge in [-0.2, -0.15) is 0 Å². The van der Waals surface area contributed by atoms with Gasteiger partial charge in [-0.05, 0) is 132 Å². The first-order chi connectivity index (χ1) is 30.4. The molecular weight excluding hydrogens is 951 g/mol. The molecule has 66 heavy (non-hydrogen) atoms. The maximum absolute atomic E-state index is 12.7. The number of benzene rings is 2. The molecule has 0 bridgehead atoms. The van der Waals surface area contributed by atoms with Gasteiger partial charge in [-0.25, -0.2) is 31.4 Å². The van der Waals surface area contributed by atoms with Crippen molar-refractivity contribution in [3.05, 3.63) is 46.7 Å². The molecule has 4 N–H and O–H groups in total. The maximum Gasteiger partial charge on any atom is 0.411 e. The molecule has 0 radical (unpaired) electrons. The SMILES string of the molecule is CC(C)C1C(=O)NCCN1C(=O)OC(C)(C)C.CC(C)C1c2nc3ccc(S(C)(=O)=O)cc3n2CCN1C(=O)OC(C)(C)C.CCC1CCCCC1NC.CS(=O)(=O)c1ccc(N)c(Br)c1. The summed E-state index contributed by atoms with van der Waals surface area (Å²) in [5.41, 5.74) is 6.43. The Bertz CT molecular complexity index is 2350. The second-order valence-electron chi connectivity index (χ2n) is 19.9. The largest absolute Gasteiger partial charge is 0.444 e. The first-order valence-corrected chi connectivity index (χ1v) is 27.4. The molecule has 3 aromatic rings. The lowest BCUT2D eigenvalue weighted by Crippen LogP contribution is -2.59. The quantitative estimate of drug-likeness (QED) is 0.199. The van der Waals surface area contributed by atoms with Crippen LogP contribution in [0.1, 0.15) is 120 Å². The van der Waals surface area contributed by atoms with Gasteiger partial charge in [0.1, 0.15) is 23.1 Å². The second-order valence-corrected chi connectivity index (χ2v) is 24.7. The summed E-state index contributed by atoms with van der Waals surface area (Å²) in [4.78, 5) is 45.0. The Labute approximate surface area is 402 Å². The Hall–Kier alpha value is -3.94. The van der Waals surface area contributed by atoms with Crippen LogP contribution in [0, 0.1) is 17.8 Å². The van der Waals surface area contributed by atoms with E-state index in [-0.39, 0.29) is 39.7 Å². The van der Waals surface area contributed by atoms with Gasteiger partial charge < -0.3 is 30.4 Å². The third-order valence-electron chi connectivity index (χ3n) is 11.3. The van der Waals surface area contributed by atoms with Gasteiger partial charge in [0.05, 0.1) is 26.9 Å². The van der Waals surface area contributed by atoms with Crippen molar-refractivity contribution in [1.29, 1.82) is 0 Å². The monoisotopic (exact) mass is 1030 g/mol. The van der Waals surface area contributed by atoms with Crippen LogP contribution >= 0.6 is 15.9 Å². The zero-order valence-corrected chi connectivity index (χ0v) is 44.7. The first kappa shape index (κ1) is 56.4. The Balaban J connectivity index is 0.000000254. The number of carbonyl (C=O) groups is 3. The molecule has 1 saturated heterocycles. The Morgan fingerprint density at radius 2 is 1.35 bits per heavy atom. The molecule has 19 heteroatoms. The van der Waals surface area contributed by atoms with E-state index in [1.165, 1.54) is 55.4 Å². The van der Waals surface area contributed by atoms with Crippen LogP contribution in [0.4, 0.5) is 15.3 Å².